The molecular formula is C31H33ClF2N4O2. The van der Waals surface area contributed by atoms with Gasteiger partial charge in [-0.3, -0.25) is 9.69 Å². The Morgan fingerprint density at radius 1 is 0.850 bits per heavy atom. The molecule has 9 heteroatoms. The Bertz CT molecular complexity index is 1360. The van der Waals surface area contributed by atoms with Crippen molar-refractivity contribution in [2.45, 2.75) is 37.8 Å². The summed E-state index contributed by atoms with van der Waals surface area (Å²) < 4.78 is 27.9. The molecule has 0 spiro atoms. The number of benzene rings is 3. The fraction of sp³-hybridized carbons (Fsp3) is 0.355. The lowest BCUT2D eigenvalue weighted by atomic mass is 9.89. The molecule has 6 nitrogen and oxygen atoms in total. The average Bonchev–Trinajstić information content (AvgIpc) is 3.40. The summed E-state index contributed by atoms with van der Waals surface area (Å²) in [6, 6.07) is 21.1. The van der Waals surface area contributed by atoms with Crippen LogP contribution in [-0.2, 0) is 11.3 Å². The highest BCUT2D eigenvalue weighted by Gasteiger charge is 2.42. The molecule has 0 radical (unpaired) electrons. The van der Waals surface area contributed by atoms with Crippen LogP contribution >= 0.6 is 12.4 Å². The maximum Gasteiger partial charge on any atom is 0.327 e. The number of unbranched alkanes of at least 4 members (excludes halogenated alkanes) is 1. The quantitative estimate of drug-likeness (QED) is 0.250. The zero-order valence-electron chi connectivity index (χ0n) is 22.2. The number of anilines is 2. The van der Waals surface area contributed by atoms with Gasteiger partial charge in [0.15, 0.2) is 0 Å². The third-order valence-corrected chi connectivity index (χ3v) is 8.21. The number of carbonyl (C=O) groups is 2. The highest BCUT2D eigenvalue weighted by molar-refractivity contribution is 6.01. The highest BCUT2D eigenvalue weighted by Crippen LogP contribution is 2.48. The SMILES string of the molecule is Cl.O=C1CN(CCCCN2CC[C@@H]3[C@@H](C2)c2cc(F)ccc2N3c2ccc(F)cc2)C(=O)N1Cc1ccccc1. The molecule has 2 atom stereocenters. The van der Waals surface area contributed by atoms with E-state index in [0.29, 0.717) is 13.1 Å². The third-order valence-electron chi connectivity index (χ3n) is 8.21. The van der Waals surface area contributed by atoms with Crippen LogP contribution in [0.5, 0.6) is 0 Å². The standard InChI is InChI=1S/C31H32F2N4O2.ClH/c32-23-8-11-25(12-9-23)37-28-13-10-24(33)18-26(28)27-20-34(17-14-29(27)37)15-4-5-16-35-21-30(38)36(31(35)39)19-22-6-2-1-3-7-22;/h1-3,6-13,18,27,29H,4-5,14-17,19-21H2;1H/t27-,29+;/m0./s1. The predicted octanol–water partition coefficient (Wildman–Crippen LogP) is 5.94. The topological polar surface area (TPSA) is 47.1 Å². The lowest BCUT2D eigenvalue weighted by Crippen LogP contribution is -2.45. The number of hydrogen-bond donors (Lipinski definition) is 0. The van der Waals surface area contributed by atoms with Gasteiger partial charge in [-0.15, -0.1) is 12.4 Å². The molecule has 40 heavy (non-hydrogen) atoms. The predicted molar refractivity (Wildman–Crippen MR) is 153 cm³/mol. The summed E-state index contributed by atoms with van der Waals surface area (Å²) in [7, 11) is 0. The van der Waals surface area contributed by atoms with Crippen molar-refractivity contribution in [3.8, 4) is 0 Å². The fourth-order valence-electron chi connectivity index (χ4n) is 6.31. The van der Waals surface area contributed by atoms with E-state index in [1.54, 1.807) is 23.1 Å². The summed E-state index contributed by atoms with van der Waals surface area (Å²) in [5.41, 5.74) is 3.87. The van der Waals surface area contributed by atoms with E-state index in [9.17, 15) is 18.4 Å². The zero-order chi connectivity index (χ0) is 26.9. The monoisotopic (exact) mass is 566 g/mol. The van der Waals surface area contributed by atoms with Crippen molar-refractivity contribution in [3.05, 3.63) is 95.6 Å². The number of nitrogens with zero attached hydrogens (tertiary/aromatic N) is 4. The second-order valence-electron chi connectivity index (χ2n) is 10.7. The van der Waals surface area contributed by atoms with Gasteiger partial charge in [-0.1, -0.05) is 30.3 Å². The number of amides is 3. The summed E-state index contributed by atoms with van der Waals surface area (Å²) in [5, 5.41) is 0. The third kappa shape index (κ3) is 5.56. The first-order valence-electron chi connectivity index (χ1n) is 13.7. The molecule has 3 amide bonds. The smallest absolute Gasteiger partial charge is 0.327 e. The van der Waals surface area contributed by atoms with Crippen LogP contribution in [0.1, 0.15) is 36.3 Å². The number of piperidine rings is 1. The second kappa shape index (κ2) is 11.9. The lowest BCUT2D eigenvalue weighted by molar-refractivity contribution is -0.125. The first-order valence-corrected chi connectivity index (χ1v) is 13.7. The van der Waals surface area contributed by atoms with Gasteiger partial charge in [0.25, 0.3) is 5.91 Å². The van der Waals surface area contributed by atoms with Crippen molar-refractivity contribution in [2.24, 2.45) is 0 Å². The van der Waals surface area contributed by atoms with Crippen molar-refractivity contribution in [1.29, 1.82) is 0 Å². The van der Waals surface area contributed by atoms with E-state index in [0.717, 1.165) is 61.4 Å². The Morgan fingerprint density at radius 2 is 1.57 bits per heavy atom. The van der Waals surface area contributed by atoms with Gasteiger partial charge in [0.05, 0.1) is 6.54 Å². The molecule has 2 fully saturated rings. The number of likely N-dealkylation sites (tertiary alicyclic amines) is 1. The normalized spacial score (nSPS) is 20.5. The van der Waals surface area contributed by atoms with E-state index in [2.05, 4.69) is 9.80 Å². The molecule has 0 bridgehead atoms. The van der Waals surface area contributed by atoms with Gasteiger partial charge in [0, 0.05) is 43.0 Å². The van der Waals surface area contributed by atoms with Gasteiger partial charge in [-0.25, -0.2) is 13.6 Å². The van der Waals surface area contributed by atoms with E-state index in [1.165, 1.54) is 23.1 Å². The fourth-order valence-corrected chi connectivity index (χ4v) is 6.31. The molecule has 0 N–H and O–H groups in total. The molecule has 0 unspecified atom stereocenters. The molecule has 210 valence electrons. The molecule has 3 aromatic rings. The van der Waals surface area contributed by atoms with Gasteiger partial charge < -0.3 is 14.7 Å². The summed E-state index contributed by atoms with van der Waals surface area (Å²) in [4.78, 5) is 32.9. The van der Waals surface area contributed by atoms with E-state index >= 15 is 0 Å². The van der Waals surface area contributed by atoms with Crippen LogP contribution in [0.4, 0.5) is 25.0 Å². The number of hydrogen-bond acceptors (Lipinski definition) is 4. The van der Waals surface area contributed by atoms with E-state index < -0.39 is 0 Å². The van der Waals surface area contributed by atoms with Gasteiger partial charge in [-0.05, 0) is 79.4 Å². The summed E-state index contributed by atoms with van der Waals surface area (Å²) in [6.45, 7) is 3.63. The molecule has 3 aliphatic rings. The Kier molecular flexibility index (Phi) is 8.38. The van der Waals surface area contributed by atoms with Gasteiger partial charge in [-0.2, -0.15) is 0 Å². The van der Waals surface area contributed by atoms with Crippen LogP contribution in [0.25, 0.3) is 0 Å². The molecule has 0 saturated carbocycles. The largest absolute Gasteiger partial charge is 0.337 e. The molecular weight excluding hydrogens is 534 g/mol. The highest BCUT2D eigenvalue weighted by atomic mass is 35.5. The number of rotatable bonds is 8. The van der Waals surface area contributed by atoms with Gasteiger partial charge >= 0.3 is 6.03 Å². The van der Waals surface area contributed by atoms with Gasteiger partial charge in [0.2, 0.25) is 0 Å². The number of imide groups is 1. The van der Waals surface area contributed by atoms with E-state index in [-0.39, 0.29) is 54.5 Å². The minimum absolute atomic E-state index is 0. The zero-order valence-corrected chi connectivity index (χ0v) is 23.0. The Hall–Kier alpha value is -3.49. The Morgan fingerprint density at radius 3 is 2.35 bits per heavy atom. The molecule has 3 aromatic carbocycles. The first-order chi connectivity index (χ1) is 19.0. The van der Waals surface area contributed by atoms with Crippen LogP contribution in [0.2, 0.25) is 0 Å². The average molecular weight is 567 g/mol. The van der Waals surface area contributed by atoms with Crippen molar-refractivity contribution in [3.63, 3.8) is 0 Å². The van der Waals surface area contributed by atoms with Crippen molar-refractivity contribution in [2.75, 3.05) is 37.6 Å². The number of fused-ring (bicyclic) bond motifs is 3. The molecule has 2 saturated heterocycles. The Balaban J connectivity index is 0.00000323. The molecule has 3 aliphatic heterocycles. The van der Waals surface area contributed by atoms with Crippen molar-refractivity contribution >= 4 is 35.7 Å². The van der Waals surface area contributed by atoms with Crippen molar-refractivity contribution < 1.29 is 18.4 Å². The summed E-state index contributed by atoms with van der Waals surface area (Å²) in [5.74, 6) is -0.494. The second-order valence-corrected chi connectivity index (χ2v) is 10.7. The summed E-state index contributed by atoms with van der Waals surface area (Å²) >= 11 is 0. The van der Waals surface area contributed by atoms with Crippen LogP contribution < -0.4 is 4.90 Å². The molecule has 6 rings (SSSR count). The van der Waals surface area contributed by atoms with Crippen molar-refractivity contribution in [1.82, 2.24) is 14.7 Å². The lowest BCUT2D eigenvalue weighted by Gasteiger charge is -2.39. The molecule has 0 aromatic heterocycles. The van der Waals surface area contributed by atoms with Gasteiger partial charge in [0.1, 0.15) is 18.2 Å². The van der Waals surface area contributed by atoms with Crippen LogP contribution in [0.3, 0.4) is 0 Å². The van der Waals surface area contributed by atoms with Crippen LogP contribution in [0, 0.1) is 11.6 Å². The maximum atomic E-state index is 14.3. The minimum atomic E-state index is -0.271. The first kappa shape index (κ1) is 28.1. The van der Waals surface area contributed by atoms with Crippen LogP contribution in [0.15, 0.2) is 72.8 Å². The number of urea groups is 1. The Labute approximate surface area is 239 Å². The molecule has 0 aliphatic carbocycles. The minimum Gasteiger partial charge on any atom is -0.337 e. The molecule has 3 heterocycles. The summed E-state index contributed by atoms with van der Waals surface area (Å²) in [6.07, 6.45) is 2.65. The van der Waals surface area contributed by atoms with E-state index in [4.69, 9.17) is 0 Å². The number of carbonyl (C=O) groups excluding carboxylic acids is 2. The van der Waals surface area contributed by atoms with E-state index in [1.807, 2.05) is 36.4 Å². The number of halogens is 3. The van der Waals surface area contributed by atoms with Crippen LogP contribution in [-0.4, -0.2) is 65.4 Å². The maximum absolute atomic E-state index is 14.3.